The molecule has 0 aliphatic carbocycles. The number of rotatable bonds is 6. The average molecular weight is 321 g/mol. The highest BCUT2D eigenvalue weighted by molar-refractivity contribution is 6.31. The van der Waals surface area contributed by atoms with Crippen LogP contribution >= 0.6 is 11.6 Å². The highest BCUT2D eigenvalue weighted by atomic mass is 35.5. The predicted molar refractivity (Wildman–Crippen MR) is 87.5 cm³/mol. The SMILES string of the molecule is CC(NCCC(=O)Nc1ccc(F)c(Cl)c1)c1ccccc1. The Labute approximate surface area is 134 Å². The number of carbonyl (C=O) groups excluding carboxylic acids is 1. The maximum atomic E-state index is 13.0. The van der Waals surface area contributed by atoms with Crippen molar-refractivity contribution in [3.8, 4) is 0 Å². The maximum Gasteiger partial charge on any atom is 0.225 e. The second-order valence-electron chi connectivity index (χ2n) is 5.01. The van der Waals surface area contributed by atoms with Gasteiger partial charge < -0.3 is 10.6 Å². The van der Waals surface area contributed by atoms with Crippen molar-refractivity contribution in [1.29, 1.82) is 0 Å². The molecule has 1 unspecified atom stereocenters. The second-order valence-corrected chi connectivity index (χ2v) is 5.42. The smallest absolute Gasteiger partial charge is 0.225 e. The molecule has 5 heteroatoms. The van der Waals surface area contributed by atoms with Crippen molar-refractivity contribution in [2.45, 2.75) is 19.4 Å². The Morgan fingerprint density at radius 1 is 1.23 bits per heavy atom. The molecule has 0 aromatic heterocycles. The molecule has 3 nitrogen and oxygen atoms in total. The van der Waals surface area contributed by atoms with Crippen molar-refractivity contribution in [2.24, 2.45) is 0 Å². The lowest BCUT2D eigenvalue weighted by Gasteiger charge is -2.14. The van der Waals surface area contributed by atoms with Crippen LogP contribution in [0.15, 0.2) is 48.5 Å². The molecule has 1 amide bonds. The average Bonchev–Trinajstić information content (AvgIpc) is 2.51. The molecule has 0 aliphatic rings. The minimum Gasteiger partial charge on any atom is -0.326 e. The molecule has 0 saturated heterocycles. The Balaban J connectivity index is 1.77. The van der Waals surface area contributed by atoms with Crippen LogP contribution in [-0.4, -0.2) is 12.5 Å². The lowest BCUT2D eigenvalue weighted by Crippen LogP contribution is -2.24. The molecule has 116 valence electrons. The number of benzene rings is 2. The van der Waals surface area contributed by atoms with Crippen molar-refractivity contribution in [2.75, 3.05) is 11.9 Å². The van der Waals surface area contributed by atoms with Gasteiger partial charge in [-0.3, -0.25) is 4.79 Å². The zero-order valence-corrected chi connectivity index (χ0v) is 13.0. The molecule has 0 heterocycles. The van der Waals surface area contributed by atoms with E-state index in [1.807, 2.05) is 37.3 Å². The Morgan fingerprint density at radius 2 is 1.95 bits per heavy atom. The van der Waals surface area contributed by atoms with E-state index in [1.165, 1.54) is 23.8 Å². The van der Waals surface area contributed by atoms with E-state index < -0.39 is 5.82 Å². The molecule has 1 atom stereocenters. The molecule has 2 aromatic rings. The lowest BCUT2D eigenvalue weighted by molar-refractivity contribution is -0.116. The summed E-state index contributed by atoms with van der Waals surface area (Å²) < 4.78 is 13.0. The van der Waals surface area contributed by atoms with Gasteiger partial charge in [0, 0.05) is 24.7 Å². The van der Waals surface area contributed by atoms with Gasteiger partial charge in [-0.2, -0.15) is 0 Å². The first kappa shape index (κ1) is 16.5. The number of hydrogen-bond acceptors (Lipinski definition) is 2. The zero-order chi connectivity index (χ0) is 15.9. The zero-order valence-electron chi connectivity index (χ0n) is 12.3. The van der Waals surface area contributed by atoms with Crippen LogP contribution in [0.5, 0.6) is 0 Å². The van der Waals surface area contributed by atoms with E-state index in [-0.39, 0.29) is 17.0 Å². The van der Waals surface area contributed by atoms with E-state index in [4.69, 9.17) is 11.6 Å². The number of hydrogen-bond donors (Lipinski definition) is 2. The molecule has 0 saturated carbocycles. The first-order valence-electron chi connectivity index (χ1n) is 7.09. The summed E-state index contributed by atoms with van der Waals surface area (Å²) in [5, 5.41) is 5.98. The van der Waals surface area contributed by atoms with Crippen LogP contribution in [0.25, 0.3) is 0 Å². The molecule has 0 aliphatic heterocycles. The summed E-state index contributed by atoms with van der Waals surface area (Å²) in [6.45, 7) is 2.60. The normalized spacial score (nSPS) is 12.0. The molecule has 2 aromatic carbocycles. The Morgan fingerprint density at radius 3 is 2.64 bits per heavy atom. The topological polar surface area (TPSA) is 41.1 Å². The number of carbonyl (C=O) groups is 1. The molecular weight excluding hydrogens is 303 g/mol. The van der Waals surface area contributed by atoms with E-state index >= 15 is 0 Å². The van der Waals surface area contributed by atoms with E-state index in [0.29, 0.717) is 18.7 Å². The van der Waals surface area contributed by atoms with Crippen LogP contribution in [0.2, 0.25) is 5.02 Å². The van der Waals surface area contributed by atoms with Crippen molar-refractivity contribution < 1.29 is 9.18 Å². The van der Waals surface area contributed by atoms with Crippen molar-refractivity contribution in [1.82, 2.24) is 5.32 Å². The van der Waals surface area contributed by atoms with E-state index in [2.05, 4.69) is 10.6 Å². The van der Waals surface area contributed by atoms with Gasteiger partial charge >= 0.3 is 0 Å². The number of anilines is 1. The summed E-state index contributed by atoms with van der Waals surface area (Å²) in [6, 6.07) is 14.3. The second kappa shape index (κ2) is 7.92. The van der Waals surface area contributed by atoms with Crippen LogP contribution < -0.4 is 10.6 Å². The summed E-state index contributed by atoms with van der Waals surface area (Å²) in [4.78, 5) is 11.8. The van der Waals surface area contributed by atoms with Gasteiger partial charge in [-0.05, 0) is 30.7 Å². The van der Waals surface area contributed by atoms with Gasteiger partial charge in [0.1, 0.15) is 5.82 Å². The summed E-state index contributed by atoms with van der Waals surface area (Å²) >= 11 is 5.67. The first-order valence-corrected chi connectivity index (χ1v) is 7.47. The number of halogens is 2. The number of amides is 1. The van der Waals surface area contributed by atoms with Gasteiger partial charge in [0.25, 0.3) is 0 Å². The largest absolute Gasteiger partial charge is 0.326 e. The Hall–Kier alpha value is -1.91. The Bertz CT molecular complexity index is 634. The quantitative estimate of drug-likeness (QED) is 0.839. The first-order chi connectivity index (χ1) is 10.6. The minimum atomic E-state index is -0.502. The van der Waals surface area contributed by atoms with Gasteiger partial charge in [0.05, 0.1) is 5.02 Å². The standard InChI is InChI=1S/C17H18ClFN2O/c1-12(13-5-3-2-4-6-13)20-10-9-17(22)21-14-7-8-16(19)15(18)11-14/h2-8,11-12,20H,9-10H2,1H3,(H,21,22). The summed E-state index contributed by atoms with van der Waals surface area (Å²) in [7, 11) is 0. The van der Waals surface area contributed by atoms with Crippen molar-refractivity contribution in [3.63, 3.8) is 0 Å². The van der Waals surface area contributed by atoms with Gasteiger partial charge in [0.15, 0.2) is 0 Å². The fourth-order valence-electron chi connectivity index (χ4n) is 2.06. The maximum absolute atomic E-state index is 13.0. The Kier molecular flexibility index (Phi) is 5.92. The fraction of sp³-hybridized carbons (Fsp3) is 0.235. The monoisotopic (exact) mass is 320 g/mol. The van der Waals surface area contributed by atoms with Crippen LogP contribution in [0.4, 0.5) is 10.1 Å². The summed E-state index contributed by atoms with van der Waals surface area (Å²) in [6.07, 6.45) is 0.326. The third-order valence-electron chi connectivity index (χ3n) is 3.31. The van der Waals surface area contributed by atoms with E-state index in [1.54, 1.807) is 0 Å². The molecule has 0 bridgehead atoms. The number of nitrogens with one attached hydrogen (secondary N) is 2. The molecule has 0 fully saturated rings. The highest BCUT2D eigenvalue weighted by Crippen LogP contribution is 2.19. The van der Waals surface area contributed by atoms with Crippen LogP contribution in [0, 0.1) is 5.82 Å². The van der Waals surface area contributed by atoms with Gasteiger partial charge in [-0.25, -0.2) is 4.39 Å². The van der Waals surface area contributed by atoms with Crippen molar-refractivity contribution in [3.05, 3.63) is 64.9 Å². The molecule has 2 N–H and O–H groups in total. The summed E-state index contributed by atoms with van der Waals surface area (Å²) in [5.74, 6) is -0.645. The fourth-order valence-corrected chi connectivity index (χ4v) is 2.24. The van der Waals surface area contributed by atoms with Crippen LogP contribution in [0.3, 0.4) is 0 Å². The third-order valence-corrected chi connectivity index (χ3v) is 3.60. The minimum absolute atomic E-state index is 0.00590. The predicted octanol–water partition coefficient (Wildman–Crippen LogP) is 4.16. The third kappa shape index (κ3) is 4.83. The molecule has 0 spiro atoms. The molecule has 2 rings (SSSR count). The van der Waals surface area contributed by atoms with Crippen molar-refractivity contribution >= 4 is 23.2 Å². The van der Waals surface area contributed by atoms with Gasteiger partial charge in [0.2, 0.25) is 5.91 Å². The van der Waals surface area contributed by atoms with Crippen LogP contribution in [0.1, 0.15) is 24.9 Å². The van der Waals surface area contributed by atoms with Gasteiger partial charge in [-0.1, -0.05) is 41.9 Å². The lowest BCUT2D eigenvalue weighted by atomic mass is 10.1. The summed E-state index contributed by atoms with van der Waals surface area (Å²) in [5.41, 5.74) is 1.67. The van der Waals surface area contributed by atoms with Crippen LogP contribution in [-0.2, 0) is 4.79 Å². The molecule has 22 heavy (non-hydrogen) atoms. The van der Waals surface area contributed by atoms with E-state index in [0.717, 1.165) is 0 Å². The highest BCUT2D eigenvalue weighted by Gasteiger charge is 2.07. The molecule has 0 radical (unpaired) electrons. The van der Waals surface area contributed by atoms with Gasteiger partial charge in [-0.15, -0.1) is 0 Å². The van der Waals surface area contributed by atoms with E-state index in [9.17, 15) is 9.18 Å². The molecular formula is C17H18ClFN2O.